The van der Waals surface area contributed by atoms with Crippen molar-refractivity contribution in [2.24, 2.45) is 17.8 Å². The smallest absolute Gasteiger partial charge is 0.310 e. The number of rotatable bonds is 2. The van der Waals surface area contributed by atoms with Crippen molar-refractivity contribution >= 4 is 11.9 Å². The number of fused-ring (bicyclic) bond motifs is 2. The normalized spacial score (nSPS) is 40.7. The van der Waals surface area contributed by atoms with Crippen LogP contribution in [-0.4, -0.2) is 47.2 Å². The average Bonchev–Trinajstić information content (AvgIpc) is 2.97. The molecule has 1 amide bonds. The predicted molar refractivity (Wildman–Crippen MR) is 67.4 cm³/mol. The van der Waals surface area contributed by atoms with E-state index >= 15 is 0 Å². The quantitative estimate of drug-likeness (QED) is 0.753. The number of carbonyl (C=O) groups excluding carboxylic acids is 1. The molecule has 0 aromatic carbocycles. The summed E-state index contributed by atoms with van der Waals surface area (Å²) >= 11 is 0. The fraction of sp³-hybridized carbons (Fsp3) is 0.714. The first-order valence-electron chi connectivity index (χ1n) is 6.93. The minimum Gasteiger partial charge on any atom is -0.481 e. The van der Waals surface area contributed by atoms with Gasteiger partial charge in [-0.2, -0.15) is 0 Å². The van der Waals surface area contributed by atoms with Crippen molar-refractivity contribution in [2.75, 3.05) is 13.1 Å². The Bertz CT molecular complexity index is 433. The van der Waals surface area contributed by atoms with Gasteiger partial charge in [-0.25, -0.2) is 0 Å². The summed E-state index contributed by atoms with van der Waals surface area (Å²) < 4.78 is 5.56. The molecule has 3 aliphatic rings. The highest BCUT2D eigenvalue weighted by Crippen LogP contribution is 2.40. The Morgan fingerprint density at radius 3 is 2.58 bits per heavy atom. The Hall–Kier alpha value is -1.36. The molecule has 19 heavy (non-hydrogen) atoms. The number of nitrogens with zero attached hydrogens (tertiary/aromatic N) is 1. The molecule has 0 aromatic rings. The van der Waals surface area contributed by atoms with Crippen LogP contribution < -0.4 is 0 Å². The van der Waals surface area contributed by atoms with Gasteiger partial charge in [-0.1, -0.05) is 19.1 Å². The molecule has 0 unspecified atom stereocenters. The third kappa shape index (κ3) is 2.06. The van der Waals surface area contributed by atoms with Gasteiger partial charge in [-0.05, 0) is 18.8 Å². The van der Waals surface area contributed by atoms with Crippen LogP contribution in [0.2, 0.25) is 0 Å². The second-order valence-corrected chi connectivity index (χ2v) is 5.87. The summed E-state index contributed by atoms with van der Waals surface area (Å²) in [6.45, 7) is 3.61. The van der Waals surface area contributed by atoms with Crippen LogP contribution in [-0.2, 0) is 14.3 Å². The lowest BCUT2D eigenvalue weighted by Gasteiger charge is -2.34. The number of carboxylic acids is 1. The van der Waals surface area contributed by atoms with E-state index in [2.05, 4.69) is 6.92 Å². The first-order valence-corrected chi connectivity index (χ1v) is 6.93. The van der Waals surface area contributed by atoms with Gasteiger partial charge in [-0.15, -0.1) is 0 Å². The van der Waals surface area contributed by atoms with E-state index in [0.29, 0.717) is 5.92 Å². The molecule has 3 heterocycles. The maximum Gasteiger partial charge on any atom is 0.310 e. The van der Waals surface area contributed by atoms with E-state index in [0.717, 1.165) is 25.9 Å². The van der Waals surface area contributed by atoms with Crippen LogP contribution in [0.1, 0.15) is 19.8 Å². The van der Waals surface area contributed by atoms with Gasteiger partial charge in [0.1, 0.15) is 5.92 Å². The summed E-state index contributed by atoms with van der Waals surface area (Å²) in [6.07, 6.45) is 4.96. The molecule has 5 heteroatoms. The van der Waals surface area contributed by atoms with E-state index in [4.69, 9.17) is 4.74 Å². The Morgan fingerprint density at radius 1 is 1.26 bits per heavy atom. The summed E-state index contributed by atoms with van der Waals surface area (Å²) in [6, 6.07) is 0. The van der Waals surface area contributed by atoms with Gasteiger partial charge in [-0.3, -0.25) is 9.59 Å². The third-order valence-corrected chi connectivity index (χ3v) is 4.44. The molecule has 0 aliphatic carbocycles. The molecule has 104 valence electrons. The zero-order valence-electron chi connectivity index (χ0n) is 11.0. The van der Waals surface area contributed by atoms with Crippen molar-refractivity contribution in [3.8, 4) is 0 Å². The molecule has 2 fully saturated rings. The average molecular weight is 265 g/mol. The Balaban J connectivity index is 1.78. The summed E-state index contributed by atoms with van der Waals surface area (Å²) in [5, 5.41) is 9.32. The molecule has 0 radical (unpaired) electrons. The van der Waals surface area contributed by atoms with Crippen LogP contribution in [0.25, 0.3) is 0 Å². The maximum absolute atomic E-state index is 12.6. The van der Waals surface area contributed by atoms with Gasteiger partial charge in [0.25, 0.3) is 0 Å². The van der Waals surface area contributed by atoms with Crippen molar-refractivity contribution in [2.45, 2.75) is 32.0 Å². The van der Waals surface area contributed by atoms with E-state index in [-0.39, 0.29) is 12.0 Å². The Labute approximate surface area is 112 Å². The number of carbonyl (C=O) groups is 2. The SMILES string of the molecule is C[C@@H]1CCCN(C(=O)[C@H]2[C@@H](C(=O)O)[C@H]3C=C[C@@H]2O3)C1. The molecule has 0 aromatic heterocycles. The molecule has 3 rings (SSSR count). The van der Waals surface area contributed by atoms with Crippen LogP contribution in [0.5, 0.6) is 0 Å². The van der Waals surface area contributed by atoms with Crippen LogP contribution in [0, 0.1) is 17.8 Å². The predicted octanol–water partition coefficient (Wildman–Crippen LogP) is 0.899. The number of piperidine rings is 1. The summed E-state index contributed by atoms with van der Waals surface area (Å²) in [4.78, 5) is 25.8. The second kappa shape index (κ2) is 4.63. The van der Waals surface area contributed by atoms with Gasteiger partial charge in [0.05, 0.1) is 18.1 Å². The topological polar surface area (TPSA) is 66.8 Å². The standard InChI is InChI=1S/C14H19NO4/c1-8-3-2-6-15(7-8)13(16)11-9-4-5-10(19-9)12(11)14(17)18/h4-5,8-12H,2-3,6-7H2,1H3,(H,17,18)/t8-,9+,10-,11-,12+/m1/s1. The van der Waals surface area contributed by atoms with Crippen LogP contribution in [0.3, 0.4) is 0 Å². The van der Waals surface area contributed by atoms with Gasteiger partial charge >= 0.3 is 5.97 Å². The first kappa shape index (κ1) is 12.7. The summed E-state index contributed by atoms with van der Waals surface area (Å²) in [5.74, 6) is -1.75. The van der Waals surface area contributed by atoms with Crippen molar-refractivity contribution in [1.82, 2.24) is 4.90 Å². The van der Waals surface area contributed by atoms with Crippen molar-refractivity contribution in [3.05, 3.63) is 12.2 Å². The highest BCUT2D eigenvalue weighted by Gasteiger charge is 2.54. The van der Waals surface area contributed by atoms with E-state index < -0.39 is 23.9 Å². The molecule has 0 saturated carbocycles. The lowest BCUT2D eigenvalue weighted by atomic mass is 9.81. The van der Waals surface area contributed by atoms with Crippen LogP contribution >= 0.6 is 0 Å². The molecule has 5 nitrogen and oxygen atoms in total. The maximum atomic E-state index is 12.6. The van der Waals surface area contributed by atoms with E-state index in [1.54, 1.807) is 6.08 Å². The third-order valence-electron chi connectivity index (χ3n) is 4.44. The zero-order chi connectivity index (χ0) is 13.6. The van der Waals surface area contributed by atoms with E-state index in [1.807, 2.05) is 11.0 Å². The fourth-order valence-corrected chi connectivity index (χ4v) is 3.50. The lowest BCUT2D eigenvalue weighted by molar-refractivity contribution is -0.150. The number of amides is 1. The van der Waals surface area contributed by atoms with E-state index in [9.17, 15) is 14.7 Å². The zero-order valence-corrected chi connectivity index (χ0v) is 11.0. The minimum absolute atomic E-state index is 0.0456. The molecule has 3 aliphatic heterocycles. The van der Waals surface area contributed by atoms with Gasteiger partial charge < -0.3 is 14.7 Å². The van der Waals surface area contributed by atoms with Crippen LogP contribution in [0.4, 0.5) is 0 Å². The molecular formula is C14H19NO4. The Morgan fingerprint density at radius 2 is 1.95 bits per heavy atom. The van der Waals surface area contributed by atoms with Crippen molar-refractivity contribution < 1.29 is 19.4 Å². The summed E-state index contributed by atoms with van der Waals surface area (Å²) in [7, 11) is 0. The molecule has 1 N–H and O–H groups in total. The van der Waals surface area contributed by atoms with Crippen LogP contribution in [0.15, 0.2) is 12.2 Å². The van der Waals surface area contributed by atoms with Gasteiger partial charge in [0.2, 0.25) is 5.91 Å². The van der Waals surface area contributed by atoms with Gasteiger partial charge in [0.15, 0.2) is 0 Å². The molecule has 2 saturated heterocycles. The number of aliphatic carboxylic acids is 1. The van der Waals surface area contributed by atoms with Gasteiger partial charge in [0, 0.05) is 13.1 Å². The highest BCUT2D eigenvalue weighted by atomic mass is 16.5. The molecule has 0 spiro atoms. The minimum atomic E-state index is -0.930. The van der Waals surface area contributed by atoms with Crippen molar-refractivity contribution in [3.63, 3.8) is 0 Å². The Kier molecular flexibility index (Phi) is 3.09. The number of carboxylic acid groups (broad SMARTS) is 1. The number of hydrogen-bond donors (Lipinski definition) is 1. The molecular weight excluding hydrogens is 246 g/mol. The van der Waals surface area contributed by atoms with Crippen molar-refractivity contribution in [1.29, 1.82) is 0 Å². The second-order valence-electron chi connectivity index (χ2n) is 5.87. The lowest BCUT2D eigenvalue weighted by Crippen LogP contribution is -2.48. The number of hydrogen-bond acceptors (Lipinski definition) is 3. The van der Waals surface area contributed by atoms with E-state index in [1.165, 1.54) is 0 Å². The number of likely N-dealkylation sites (tertiary alicyclic amines) is 1. The monoisotopic (exact) mass is 265 g/mol. The molecule has 5 atom stereocenters. The number of ether oxygens (including phenoxy) is 1. The molecule has 2 bridgehead atoms. The summed E-state index contributed by atoms with van der Waals surface area (Å²) in [5.41, 5.74) is 0. The largest absolute Gasteiger partial charge is 0.481 e. The highest BCUT2D eigenvalue weighted by molar-refractivity contribution is 5.87. The first-order chi connectivity index (χ1) is 9.08. The fourth-order valence-electron chi connectivity index (χ4n) is 3.50.